The first kappa shape index (κ1) is 9.98. The van der Waals surface area contributed by atoms with E-state index in [0.717, 1.165) is 17.0 Å². The molecule has 1 heterocycles. The number of amides is 1. The van der Waals surface area contributed by atoms with Crippen molar-refractivity contribution in [2.45, 2.75) is 12.5 Å². The predicted molar refractivity (Wildman–Crippen MR) is 58.1 cm³/mol. The van der Waals surface area contributed by atoms with Crippen LogP contribution in [-0.4, -0.2) is 26.1 Å². The average molecular weight is 206 g/mol. The van der Waals surface area contributed by atoms with Crippen molar-refractivity contribution in [1.82, 2.24) is 0 Å². The Hall–Kier alpha value is -1.55. The molecule has 2 N–H and O–H groups in total. The third-order valence-electron chi connectivity index (χ3n) is 2.74. The molecule has 1 aromatic rings. The second-order valence-electron chi connectivity index (χ2n) is 3.70. The molecule has 1 atom stereocenters. The van der Waals surface area contributed by atoms with E-state index in [1.165, 1.54) is 0 Å². The highest BCUT2D eigenvalue weighted by molar-refractivity contribution is 5.99. The van der Waals surface area contributed by atoms with Crippen molar-refractivity contribution in [3.8, 4) is 5.75 Å². The molecule has 4 heteroatoms. The first-order valence-electron chi connectivity index (χ1n) is 4.83. The van der Waals surface area contributed by atoms with Crippen LogP contribution in [0.25, 0.3) is 0 Å². The predicted octanol–water partition coefficient (Wildman–Crippen LogP) is 0.541. The zero-order chi connectivity index (χ0) is 11.0. The van der Waals surface area contributed by atoms with Crippen LogP contribution in [0.15, 0.2) is 18.2 Å². The number of anilines is 1. The van der Waals surface area contributed by atoms with Gasteiger partial charge in [-0.25, -0.2) is 0 Å². The summed E-state index contributed by atoms with van der Waals surface area (Å²) in [5, 5.41) is 0. The van der Waals surface area contributed by atoms with E-state index in [-0.39, 0.29) is 5.91 Å². The SMILES string of the molecule is COc1ccc2c(c1)C[C@H](N)C(=O)N2C. The lowest BCUT2D eigenvalue weighted by atomic mass is 9.98. The quantitative estimate of drug-likeness (QED) is 0.729. The number of nitrogens with two attached hydrogens (primary N) is 1. The van der Waals surface area contributed by atoms with E-state index in [4.69, 9.17) is 10.5 Å². The molecule has 0 spiro atoms. The molecule has 0 fully saturated rings. The van der Waals surface area contributed by atoms with E-state index in [1.54, 1.807) is 19.1 Å². The van der Waals surface area contributed by atoms with Crippen LogP contribution in [0.1, 0.15) is 5.56 Å². The smallest absolute Gasteiger partial charge is 0.243 e. The maximum absolute atomic E-state index is 11.6. The van der Waals surface area contributed by atoms with Crippen LogP contribution in [-0.2, 0) is 11.2 Å². The van der Waals surface area contributed by atoms with Gasteiger partial charge >= 0.3 is 0 Å². The van der Waals surface area contributed by atoms with Crippen LogP contribution in [0.3, 0.4) is 0 Å². The minimum Gasteiger partial charge on any atom is -0.497 e. The van der Waals surface area contributed by atoms with Gasteiger partial charge in [0.25, 0.3) is 0 Å². The molecule has 0 aliphatic carbocycles. The first-order valence-corrected chi connectivity index (χ1v) is 4.83. The van der Waals surface area contributed by atoms with E-state index < -0.39 is 6.04 Å². The summed E-state index contributed by atoms with van der Waals surface area (Å²) in [4.78, 5) is 13.2. The molecule has 0 saturated heterocycles. The summed E-state index contributed by atoms with van der Waals surface area (Å²) in [6.07, 6.45) is 0.579. The van der Waals surface area contributed by atoms with Crippen molar-refractivity contribution in [2.75, 3.05) is 19.1 Å². The van der Waals surface area contributed by atoms with Gasteiger partial charge in [-0.05, 0) is 30.2 Å². The second-order valence-corrected chi connectivity index (χ2v) is 3.70. The molecule has 0 bridgehead atoms. The van der Waals surface area contributed by atoms with E-state index in [2.05, 4.69) is 0 Å². The van der Waals surface area contributed by atoms with Crippen LogP contribution in [0.5, 0.6) is 5.75 Å². The zero-order valence-corrected chi connectivity index (χ0v) is 8.86. The van der Waals surface area contributed by atoms with Crippen molar-refractivity contribution in [1.29, 1.82) is 0 Å². The lowest BCUT2D eigenvalue weighted by Gasteiger charge is -2.29. The average Bonchev–Trinajstić information content (AvgIpc) is 2.25. The van der Waals surface area contributed by atoms with Gasteiger partial charge in [0.1, 0.15) is 5.75 Å². The molecular formula is C11H14N2O2. The fourth-order valence-electron chi connectivity index (χ4n) is 1.87. The molecule has 4 nitrogen and oxygen atoms in total. The molecule has 80 valence electrons. The van der Waals surface area contributed by atoms with Gasteiger partial charge in [-0.2, -0.15) is 0 Å². The van der Waals surface area contributed by atoms with Gasteiger partial charge < -0.3 is 15.4 Å². The van der Waals surface area contributed by atoms with Gasteiger partial charge in [0.05, 0.1) is 13.2 Å². The molecule has 1 aromatic carbocycles. The van der Waals surface area contributed by atoms with E-state index in [0.29, 0.717) is 6.42 Å². The number of carbonyl (C=O) groups is 1. The number of hydrogen-bond acceptors (Lipinski definition) is 3. The number of nitrogens with zero attached hydrogens (tertiary/aromatic N) is 1. The molecule has 0 saturated carbocycles. The van der Waals surface area contributed by atoms with Crippen molar-refractivity contribution in [3.05, 3.63) is 23.8 Å². The Labute approximate surface area is 88.6 Å². The van der Waals surface area contributed by atoms with E-state index in [1.807, 2.05) is 18.2 Å². The number of benzene rings is 1. The summed E-state index contributed by atoms with van der Waals surface area (Å²) in [6, 6.07) is 5.23. The zero-order valence-electron chi connectivity index (χ0n) is 8.86. The number of hydrogen-bond donors (Lipinski definition) is 1. The third kappa shape index (κ3) is 1.57. The Bertz CT molecular complexity index is 404. The van der Waals surface area contributed by atoms with E-state index >= 15 is 0 Å². The number of likely N-dealkylation sites (N-methyl/N-ethyl adjacent to an activating group) is 1. The van der Waals surface area contributed by atoms with Crippen LogP contribution in [0, 0.1) is 0 Å². The Balaban J connectivity index is 2.45. The molecule has 1 amide bonds. The first-order chi connectivity index (χ1) is 7.13. The van der Waals surface area contributed by atoms with E-state index in [9.17, 15) is 4.79 Å². The standard InChI is InChI=1S/C11H14N2O2/c1-13-10-4-3-8(15-2)5-7(10)6-9(12)11(13)14/h3-5,9H,6,12H2,1-2H3/t9-/m0/s1. The van der Waals surface area contributed by atoms with Crippen molar-refractivity contribution < 1.29 is 9.53 Å². The highest BCUT2D eigenvalue weighted by Gasteiger charge is 2.27. The van der Waals surface area contributed by atoms with Crippen LogP contribution < -0.4 is 15.4 Å². The monoisotopic (exact) mass is 206 g/mol. The third-order valence-corrected chi connectivity index (χ3v) is 2.74. The van der Waals surface area contributed by atoms with Gasteiger partial charge in [-0.1, -0.05) is 0 Å². The molecule has 1 aliphatic heterocycles. The summed E-state index contributed by atoms with van der Waals surface area (Å²) < 4.78 is 5.13. The number of ether oxygens (including phenoxy) is 1. The molecule has 0 radical (unpaired) electrons. The normalized spacial score (nSPS) is 20.1. The highest BCUT2D eigenvalue weighted by atomic mass is 16.5. The Morgan fingerprint density at radius 3 is 2.93 bits per heavy atom. The number of methoxy groups -OCH3 is 1. The lowest BCUT2D eigenvalue weighted by Crippen LogP contribution is -2.46. The fraction of sp³-hybridized carbons (Fsp3) is 0.364. The van der Waals surface area contributed by atoms with Gasteiger partial charge in [-0.15, -0.1) is 0 Å². The maximum atomic E-state index is 11.6. The minimum atomic E-state index is -0.436. The van der Waals surface area contributed by atoms with Gasteiger partial charge in [0, 0.05) is 12.7 Å². The summed E-state index contributed by atoms with van der Waals surface area (Å²) in [5.74, 6) is 0.761. The largest absolute Gasteiger partial charge is 0.497 e. The van der Waals surface area contributed by atoms with Gasteiger partial charge in [0.2, 0.25) is 5.91 Å². The maximum Gasteiger partial charge on any atom is 0.243 e. The molecule has 15 heavy (non-hydrogen) atoms. The number of rotatable bonds is 1. The Kier molecular flexibility index (Phi) is 2.36. The number of carbonyl (C=O) groups excluding carboxylic acids is 1. The molecule has 0 unspecified atom stereocenters. The fourth-order valence-corrected chi connectivity index (χ4v) is 1.87. The van der Waals surface area contributed by atoms with Crippen molar-refractivity contribution >= 4 is 11.6 Å². The summed E-state index contributed by atoms with van der Waals surface area (Å²) in [7, 11) is 3.37. The molecule has 0 aromatic heterocycles. The van der Waals surface area contributed by atoms with Crippen molar-refractivity contribution in [2.24, 2.45) is 5.73 Å². The van der Waals surface area contributed by atoms with Crippen molar-refractivity contribution in [3.63, 3.8) is 0 Å². The summed E-state index contributed by atoms with van der Waals surface area (Å²) in [5.41, 5.74) is 7.72. The lowest BCUT2D eigenvalue weighted by molar-refractivity contribution is -0.119. The van der Waals surface area contributed by atoms with Crippen LogP contribution >= 0.6 is 0 Å². The van der Waals surface area contributed by atoms with Gasteiger partial charge in [-0.3, -0.25) is 4.79 Å². The molecule has 1 aliphatic rings. The van der Waals surface area contributed by atoms with Crippen LogP contribution in [0.4, 0.5) is 5.69 Å². The summed E-state index contributed by atoms with van der Waals surface area (Å²) in [6.45, 7) is 0. The topological polar surface area (TPSA) is 55.6 Å². The minimum absolute atomic E-state index is 0.0346. The van der Waals surface area contributed by atoms with Gasteiger partial charge in [0.15, 0.2) is 0 Å². The Morgan fingerprint density at radius 2 is 2.27 bits per heavy atom. The molecule has 2 rings (SSSR count). The number of fused-ring (bicyclic) bond motifs is 1. The highest BCUT2D eigenvalue weighted by Crippen LogP contribution is 2.29. The van der Waals surface area contributed by atoms with Crippen LogP contribution in [0.2, 0.25) is 0 Å². The summed E-state index contributed by atoms with van der Waals surface area (Å²) >= 11 is 0. The molecular weight excluding hydrogens is 192 g/mol. The Morgan fingerprint density at radius 1 is 1.53 bits per heavy atom. The second kappa shape index (κ2) is 3.55.